The molecule has 0 bridgehead atoms. The van der Waals surface area contributed by atoms with Crippen LogP contribution in [0, 0.1) is 0 Å². The van der Waals surface area contributed by atoms with Crippen LogP contribution in [-0.2, 0) is 21.2 Å². The first-order chi connectivity index (χ1) is 12.7. The van der Waals surface area contributed by atoms with E-state index in [0.717, 1.165) is 15.6 Å². The van der Waals surface area contributed by atoms with Crippen molar-refractivity contribution >= 4 is 31.9 Å². The van der Waals surface area contributed by atoms with Gasteiger partial charge in [-0.15, -0.1) is 0 Å². The molecule has 7 heteroatoms. The van der Waals surface area contributed by atoms with Crippen molar-refractivity contribution in [3.63, 3.8) is 0 Å². The Balaban J connectivity index is 1.89. The fourth-order valence-corrected chi connectivity index (χ4v) is 4.14. The van der Waals surface area contributed by atoms with Crippen LogP contribution in [0.25, 0.3) is 0 Å². The smallest absolute Gasteiger partial charge is 0.240 e. The summed E-state index contributed by atoms with van der Waals surface area (Å²) >= 11 is 3.40. The van der Waals surface area contributed by atoms with Gasteiger partial charge in [0.2, 0.25) is 15.9 Å². The number of sulfonamides is 1. The van der Waals surface area contributed by atoms with Gasteiger partial charge in [0.25, 0.3) is 0 Å². The average molecular weight is 453 g/mol. The van der Waals surface area contributed by atoms with Gasteiger partial charge in [0.1, 0.15) is 0 Å². The van der Waals surface area contributed by atoms with Gasteiger partial charge in [-0.05, 0) is 62.6 Å². The molecule has 0 aliphatic heterocycles. The highest BCUT2D eigenvalue weighted by Gasteiger charge is 2.15. The molecular formula is C20H25BrN2O3S. The second-order valence-electron chi connectivity index (χ2n) is 6.76. The first kappa shape index (κ1) is 21.6. The lowest BCUT2D eigenvalue weighted by Gasteiger charge is -2.14. The average Bonchev–Trinajstić information content (AvgIpc) is 2.60. The summed E-state index contributed by atoms with van der Waals surface area (Å²) in [5.74, 6) is -0.0383. The highest BCUT2D eigenvalue weighted by Crippen LogP contribution is 2.17. The molecule has 0 fully saturated rings. The summed E-state index contributed by atoms with van der Waals surface area (Å²) in [6.07, 6.45) is 0.897. The third-order valence-electron chi connectivity index (χ3n) is 4.01. The van der Waals surface area contributed by atoms with E-state index in [2.05, 4.69) is 26.0 Å². The maximum absolute atomic E-state index is 12.2. The van der Waals surface area contributed by atoms with Crippen LogP contribution in [0.2, 0.25) is 0 Å². The van der Waals surface area contributed by atoms with Crippen LogP contribution < -0.4 is 10.0 Å². The van der Waals surface area contributed by atoms with Gasteiger partial charge in [-0.3, -0.25) is 4.79 Å². The van der Waals surface area contributed by atoms with Crippen molar-refractivity contribution in [2.75, 3.05) is 0 Å². The summed E-state index contributed by atoms with van der Waals surface area (Å²) in [4.78, 5) is 12.4. The van der Waals surface area contributed by atoms with Crippen LogP contribution in [0.4, 0.5) is 0 Å². The third kappa shape index (κ3) is 6.75. The van der Waals surface area contributed by atoms with E-state index in [1.165, 1.54) is 0 Å². The standard InChI is InChI=1S/C20H25BrN2O3S/c1-14(2)23-27(25,26)19-11-4-16(5-12-19)6-13-20(24)22-15(3)17-7-9-18(21)10-8-17/h4-5,7-12,14-15,23H,6,13H2,1-3H3,(H,22,24)/t15-/m0/s1. The van der Waals surface area contributed by atoms with Gasteiger partial charge >= 0.3 is 0 Å². The fourth-order valence-electron chi connectivity index (χ4n) is 2.62. The van der Waals surface area contributed by atoms with E-state index >= 15 is 0 Å². The van der Waals surface area contributed by atoms with Gasteiger partial charge in [-0.2, -0.15) is 0 Å². The number of carbonyl (C=O) groups is 1. The first-order valence-electron chi connectivity index (χ1n) is 8.83. The van der Waals surface area contributed by atoms with E-state index in [4.69, 9.17) is 0 Å². The number of carbonyl (C=O) groups excluding carboxylic acids is 1. The number of amides is 1. The molecule has 0 aliphatic carbocycles. The molecule has 146 valence electrons. The molecule has 0 radical (unpaired) electrons. The van der Waals surface area contributed by atoms with Crippen LogP contribution in [0.1, 0.15) is 44.4 Å². The van der Waals surface area contributed by atoms with E-state index in [-0.39, 0.29) is 22.9 Å². The lowest BCUT2D eigenvalue weighted by atomic mass is 10.1. The Labute approximate surface area is 169 Å². The van der Waals surface area contributed by atoms with E-state index < -0.39 is 10.0 Å². The molecule has 2 rings (SSSR count). The second kappa shape index (κ2) is 9.48. The molecule has 2 N–H and O–H groups in total. The van der Waals surface area contributed by atoms with Crippen molar-refractivity contribution in [3.05, 3.63) is 64.1 Å². The largest absolute Gasteiger partial charge is 0.350 e. The van der Waals surface area contributed by atoms with Crippen LogP contribution in [-0.4, -0.2) is 20.4 Å². The zero-order chi connectivity index (χ0) is 20.0. The molecule has 5 nitrogen and oxygen atoms in total. The van der Waals surface area contributed by atoms with E-state index in [9.17, 15) is 13.2 Å². The lowest BCUT2D eigenvalue weighted by Crippen LogP contribution is -2.30. The minimum absolute atomic E-state index is 0.0383. The van der Waals surface area contributed by atoms with Crippen LogP contribution in [0.5, 0.6) is 0 Å². The van der Waals surface area contributed by atoms with Gasteiger partial charge in [0.15, 0.2) is 0 Å². The highest BCUT2D eigenvalue weighted by atomic mass is 79.9. The normalized spacial score (nSPS) is 12.8. The molecule has 0 saturated carbocycles. The molecule has 27 heavy (non-hydrogen) atoms. The number of hydrogen-bond donors (Lipinski definition) is 2. The summed E-state index contributed by atoms with van der Waals surface area (Å²) < 4.78 is 27.8. The van der Waals surface area contributed by atoms with Crippen molar-refractivity contribution in [1.82, 2.24) is 10.0 Å². The summed E-state index contributed by atoms with van der Waals surface area (Å²) in [5.41, 5.74) is 1.96. The van der Waals surface area contributed by atoms with Crippen LogP contribution >= 0.6 is 15.9 Å². The molecule has 0 spiro atoms. The maximum atomic E-state index is 12.2. The van der Waals surface area contributed by atoms with Crippen molar-refractivity contribution in [1.29, 1.82) is 0 Å². The predicted molar refractivity (Wildman–Crippen MR) is 111 cm³/mol. The Morgan fingerprint density at radius 1 is 1.00 bits per heavy atom. The number of halogens is 1. The Bertz CT molecular complexity index is 863. The molecule has 0 unspecified atom stereocenters. The molecular weight excluding hydrogens is 428 g/mol. The third-order valence-corrected chi connectivity index (χ3v) is 6.22. The Kier molecular flexibility index (Phi) is 7.59. The minimum Gasteiger partial charge on any atom is -0.350 e. The Morgan fingerprint density at radius 3 is 2.15 bits per heavy atom. The fraction of sp³-hybridized carbons (Fsp3) is 0.350. The van der Waals surface area contributed by atoms with Gasteiger partial charge in [0, 0.05) is 16.9 Å². The molecule has 0 heterocycles. The monoisotopic (exact) mass is 452 g/mol. The summed E-state index contributed by atoms with van der Waals surface area (Å²) in [6.45, 7) is 5.50. The number of hydrogen-bond acceptors (Lipinski definition) is 3. The maximum Gasteiger partial charge on any atom is 0.240 e. The topological polar surface area (TPSA) is 75.3 Å². The second-order valence-corrected chi connectivity index (χ2v) is 9.39. The van der Waals surface area contributed by atoms with Crippen molar-refractivity contribution in [3.8, 4) is 0 Å². The van der Waals surface area contributed by atoms with Crippen LogP contribution in [0.3, 0.4) is 0 Å². The van der Waals surface area contributed by atoms with Gasteiger partial charge in [0.05, 0.1) is 10.9 Å². The highest BCUT2D eigenvalue weighted by molar-refractivity contribution is 9.10. The molecule has 2 aromatic carbocycles. The Hall–Kier alpha value is -1.70. The van der Waals surface area contributed by atoms with E-state index in [1.54, 1.807) is 38.1 Å². The Morgan fingerprint density at radius 2 is 1.59 bits per heavy atom. The molecule has 1 atom stereocenters. The number of benzene rings is 2. The predicted octanol–water partition coefficient (Wildman–Crippen LogP) is 3.95. The summed E-state index contributed by atoms with van der Waals surface area (Å²) in [7, 11) is -3.49. The van der Waals surface area contributed by atoms with Crippen molar-refractivity contribution in [2.45, 2.75) is 50.6 Å². The van der Waals surface area contributed by atoms with Crippen molar-refractivity contribution in [2.24, 2.45) is 0 Å². The zero-order valence-corrected chi connectivity index (χ0v) is 18.1. The van der Waals surface area contributed by atoms with Crippen molar-refractivity contribution < 1.29 is 13.2 Å². The van der Waals surface area contributed by atoms with E-state index in [0.29, 0.717) is 12.8 Å². The number of aryl methyl sites for hydroxylation is 1. The molecule has 0 aromatic heterocycles. The van der Waals surface area contributed by atoms with Gasteiger partial charge < -0.3 is 5.32 Å². The van der Waals surface area contributed by atoms with Crippen LogP contribution in [0.15, 0.2) is 57.9 Å². The van der Waals surface area contributed by atoms with E-state index in [1.807, 2.05) is 31.2 Å². The summed E-state index contributed by atoms with van der Waals surface area (Å²) in [6, 6.07) is 14.2. The molecule has 0 saturated heterocycles. The number of nitrogens with one attached hydrogen (secondary N) is 2. The lowest BCUT2D eigenvalue weighted by molar-refractivity contribution is -0.121. The van der Waals surface area contributed by atoms with Gasteiger partial charge in [-0.25, -0.2) is 13.1 Å². The minimum atomic E-state index is -3.49. The van der Waals surface area contributed by atoms with Gasteiger partial charge in [-0.1, -0.05) is 40.2 Å². The molecule has 1 amide bonds. The molecule has 2 aromatic rings. The summed E-state index contributed by atoms with van der Waals surface area (Å²) in [5, 5.41) is 2.98. The molecule has 0 aliphatic rings. The first-order valence-corrected chi connectivity index (χ1v) is 11.1. The quantitative estimate of drug-likeness (QED) is 0.636. The SMILES string of the molecule is CC(C)NS(=O)(=O)c1ccc(CCC(=O)N[C@@H](C)c2ccc(Br)cc2)cc1. The zero-order valence-electron chi connectivity index (χ0n) is 15.7. The number of rotatable bonds is 8.